The van der Waals surface area contributed by atoms with Gasteiger partial charge in [-0.15, -0.1) is 11.3 Å². The van der Waals surface area contributed by atoms with Crippen molar-refractivity contribution in [3.63, 3.8) is 0 Å². The minimum absolute atomic E-state index is 0.162. The van der Waals surface area contributed by atoms with Crippen LogP contribution in [-0.2, 0) is 27.8 Å². The zero-order valence-electron chi connectivity index (χ0n) is 13.1. The van der Waals surface area contributed by atoms with Crippen LogP contribution in [0.5, 0.6) is 0 Å². The minimum Gasteiger partial charge on any atom is -0.478 e. The van der Waals surface area contributed by atoms with Crippen molar-refractivity contribution in [2.45, 2.75) is 17.2 Å². The molecule has 0 radical (unpaired) electrons. The number of nitrogens with one attached hydrogen (secondary N) is 1. The highest BCUT2D eigenvalue weighted by molar-refractivity contribution is 7.91. The largest absolute Gasteiger partial charge is 0.478 e. The van der Waals surface area contributed by atoms with Crippen molar-refractivity contribution in [2.75, 3.05) is 13.1 Å². The van der Waals surface area contributed by atoms with Crippen LogP contribution in [-0.4, -0.2) is 43.4 Å². The van der Waals surface area contributed by atoms with Crippen molar-refractivity contribution in [1.82, 2.24) is 9.62 Å². The predicted molar refractivity (Wildman–Crippen MR) is 92.0 cm³/mol. The molecule has 7 nitrogen and oxygen atoms in total. The van der Waals surface area contributed by atoms with Gasteiger partial charge in [-0.1, -0.05) is 12.1 Å². The lowest BCUT2D eigenvalue weighted by atomic mass is 9.97. The molecule has 2 aromatic rings. The number of hydrogen-bond acceptors (Lipinski definition) is 5. The van der Waals surface area contributed by atoms with Gasteiger partial charge in [-0.3, -0.25) is 4.79 Å². The Hall–Kier alpha value is -2.23. The number of carboxylic acid groups (broad SMARTS) is 1. The van der Waals surface area contributed by atoms with E-state index in [-0.39, 0.29) is 28.8 Å². The van der Waals surface area contributed by atoms with Crippen LogP contribution >= 0.6 is 11.3 Å². The number of carbonyl (C=O) groups is 2. The molecule has 0 bridgehead atoms. The van der Waals surface area contributed by atoms with Gasteiger partial charge >= 0.3 is 5.97 Å². The molecule has 0 saturated heterocycles. The van der Waals surface area contributed by atoms with E-state index >= 15 is 0 Å². The predicted octanol–water partition coefficient (Wildman–Crippen LogP) is 1.31. The summed E-state index contributed by atoms with van der Waals surface area (Å²) in [5.41, 5.74) is 1.96. The molecule has 1 aromatic heterocycles. The Labute approximate surface area is 149 Å². The van der Waals surface area contributed by atoms with Gasteiger partial charge in [0, 0.05) is 13.1 Å². The van der Waals surface area contributed by atoms with Gasteiger partial charge in [0.25, 0.3) is 10.0 Å². The third-order valence-corrected chi connectivity index (χ3v) is 6.79. The highest BCUT2D eigenvalue weighted by Gasteiger charge is 2.23. The topological polar surface area (TPSA) is 104 Å². The zero-order chi connectivity index (χ0) is 18.0. The lowest BCUT2D eigenvalue weighted by Gasteiger charge is -2.29. The lowest BCUT2D eigenvalue weighted by molar-refractivity contribution is -0.130. The van der Waals surface area contributed by atoms with E-state index in [1.165, 1.54) is 11.0 Å². The summed E-state index contributed by atoms with van der Waals surface area (Å²) < 4.78 is 26.6. The van der Waals surface area contributed by atoms with Crippen LogP contribution < -0.4 is 4.72 Å². The first-order valence-corrected chi connectivity index (χ1v) is 9.89. The summed E-state index contributed by atoms with van der Waals surface area (Å²) in [7, 11) is -3.69. The Kier molecular flexibility index (Phi) is 4.89. The van der Waals surface area contributed by atoms with Crippen LogP contribution in [0.25, 0.3) is 0 Å². The molecule has 0 unspecified atom stereocenters. The molecule has 25 heavy (non-hydrogen) atoms. The summed E-state index contributed by atoms with van der Waals surface area (Å²) in [5, 5.41) is 10.7. The van der Waals surface area contributed by atoms with Gasteiger partial charge in [-0.25, -0.2) is 17.9 Å². The first kappa shape index (κ1) is 17.6. The van der Waals surface area contributed by atoms with Gasteiger partial charge in [0.1, 0.15) is 4.21 Å². The molecule has 0 saturated carbocycles. The second-order valence-corrected chi connectivity index (χ2v) is 8.55. The van der Waals surface area contributed by atoms with E-state index in [1.807, 2.05) is 0 Å². The average Bonchev–Trinajstić information content (AvgIpc) is 3.14. The second-order valence-electron chi connectivity index (χ2n) is 5.61. The third kappa shape index (κ3) is 3.89. The molecule has 0 aliphatic carbocycles. The number of benzene rings is 1. The number of fused-ring (bicyclic) bond motifs is 1. The third-order valence-electron chi connectivity index (χ3n) is 3.99. The number of nitrogens with zero attached hydrogens (tertiary/aromatic N) is 1. The van der Waals surface area contributed by atoms with E-state index in [0.29, 0.717) is 13.0 Å². The number of aromatic carboxylic acids is 1. The molecule has 1 aromatic carbocycles. The van der Waals surface area contributed by atoms with Crippen molar-refractivity contribution in [2.24, 2.45) is 0 Å². The van der Waals surface area contributed by atoms with Crippen molar-refractivity contribution in [3.8, 4) is 0 Å². The maximum absolute atomic E-state index is 12.3. The number of amides is 1. The Morgan fingerprint density at radius 3 is 2.72 bits per heavy atom. The molecule has 9 heteroatoms. The lowest BCUT2D eigenvalue weighted by Crippen LogP contribution is -2.42. The number of thiophene rings is 1. The van der Waals surface area contributed by atoms with Gasteiger partial charge < -0.3 is 10.0 Å². The molecule has 2 heterocycles. The van der Waals surface area contributed by atoms with Gasteiger partial charge in [0.15, 0.2) is 0 Å². The highest BCUT2D eigenvalue weighted by Crippen LogP contribution is 2.21. The summed E-state index contributed by atoms with van der Waals surface area (Å²) >= 11 is 1.08. The Balaban J connectivity index is 1.66. The summed E-state index contributed by atoms with van der Waals surface area (Å²) in [6, 6.07) is 7.98. The summed E-state index contributed by atoms with van der Waals surface area (Å²) in [6.07, 6.45) is 0.610. The van der Waals surface area contributed by atoms with Crippen molar-refractivity contribution >= 4 is 33.2 Å². The van der Waals surface area contributed by atoms with Crippen LogP contribution in [0.1, 0.15) is 21.5 Å². The standard InChI is InChI=1S/C16H16N2O5S2/c19-14(9-17-25(22,23)15-2-1-7-24-15)18-6-5-11-3-4-12(16(20)21)8-13(11)10-18/h1-4,7-8,17H,5-6,9-10H2,(H,20,21). The second kappa shape index (κ2) is 6.95. The van der Waals surface area contributed by atoms with Crippen LogP contribution in [0.4, 0.5) is 0 Å². The van der Waals surface area contributed by atoms with E-state index in [0.717, 1.165) is 22.5 Å². The molecule has 1 aliphatic rings. The normalized spacial score (nSPS) is 14.2. The molecule has 0 spiro atoms. The summed E-state index contributed by atoms with van der Waals surface area (Å²) in [4.78, 5) is 24.9. The fourth-order valence-corrected chi connectivity index (χ4v) is 4.67. The Bertz CT molecular complexity index is 907. The smallest absolute Gasteiger partial charge is 0.335 e. The SMILES string of the molecule is O=C(O)c1ccc2c(c1)CN(C(=O)CNS(=O)(=O)c1cccs1)CC2. The molecule has 132 valence electrons. The van der Waals surface area contributed by atoms with E-state index in [9.17, 15) is 18.0 Å². The fraction of sp³-hybridized carbons (Fsp3) is 0.250. The first-order chi connectivity index (χ1) is 11.9. The van der Waals surface area contributed by atoms with E-state index in [4.69, 9.17) is 5.11 Å². The molecule has 0 atom stereocenters. The molecule has 1 aliphatic heterocycles. The molecular weight excluding hydrogens is 364 g/mol. The number of carbonyl (C=O) groups excluding carboxylic acids is 1. The minimum atomic E-state index is -3.69. The van der Waals surface area contributed by atoms with Crippen LogP contribution in [0.15, 0.2) is 39.9 Å². The quantitative estimate of drug-likeness (QED) is 0.814. The Morgan fingerprint density at radius 2 is 2.04 bits per heavy atom. The van der Waals surface area contributed by atoms with Gasteiger partial charge in [0.2, 0.25) is 5.91 Å². The van der Waals surface area contributed by atoms with Gasteiger partial charge in [-0.2, -0.15) is 0 Å². The number of sulfonamides is 1. The number of carboxylic acids is 1. The van der Waals surface area contributed by atoms with E-state index in [1.54, 1.807) is 29.6 Å². The number of hydrogen-bond donors (Lipinski definition) is 2. The van der Waals surface area contributed by atoms with Crippen LogP contribution in [0.2, 0.25) is 0 Å². The van der Waals surface area contributed by atoms with E-state index in [2.05, 4.69) is 4.72 Å². The van der Waals surface area contributed by atoms with Crippen molar-refractivity contribution < 1.29 is 23.1 Å². The monoisotopic (exact) mass is 380 g/mol. The zero-order valence-corrected chi connectivity index (χ0v) is 14.8. The molecule has 1 amide bonds. The Morgan fingerprint density at radius 1 is 1.24 bits per heavy atom. The van der Waals surface area contributed by atoms with E-state index < -0.39 is 16.0 Å². The van der Waals surface area contributed by atoms with Crippen LogP contribution in [0, 0.1) is 0 Å². The van der Waals surface area contributed by atoms with Crippen LogP contribution in [0.3, 0.4) is 0 Å². The molecule has 0 fully saturated rings. The van der Waals surface area contributed by atoms with Crippen molar-refractivity contribution in [1.29, 1.82) is 0 Å². The maximum Gasteiger partial charge on any atom is 0.335 e. The highest BCUT2D eigenvalue weighted by atomic mass is 32.2. The van der Waals surface area contributed by atoms with Crippen molar-refractivity contribution in [3.05, 3.63) is 52.4 Å². The summed E-state index contributed by atoms with van der Waals surface area (Å²) in [5.74, 6) is -1.36. The first-order valence-electron chi connectivity index (χ1n) is 7.53. The van der Waals surface area contributed by atoms with Gasteiger partial charge in [0.05, 0.1) is 12.1 Å². The maximum atomic E-state index is 12.3. The molecular formula is C16H16N2O5S2. The molecule has 2 N–H and O–H groups in total. The molecule has 3 rings (SSSR count). The number of rotatable bonds is 5. The van der Waals surface area contributed by atoms with Gasteiger partial charge in [-0.05, 0) is 41.1 Å². The fourth-order valence-electron chi connectivity index (χ4n) is 2.66. The average molecular weight is 380 g/mol. The summed E-state index contributed by atoms with van der Waals surface area (Å²) in [6.45, 7) is 0.420.